The van der Waals surface area contributed by atoms with Crippen molar-refractivity contribution in [2.45, 2.75) is 6.36 Å². The molecular formula is C17H15F3N2O4S. The maximum atomic E-state index is 12.1. The first-order valence-electron chi connectivity index (χ1n) is 7.43. The number of carbonyl (C=O) groups is 1. The van der Waals surface area contributed by atoms with Crippen LogP contribution in [0.3, 0.4) is 0 Å². The molecule has 0 atom stereocenters. The van der Waals surface area contributed by atoms with Gasteiger partial charge in [0.05, 0.1) is 6.26 Å². The van der Waals surface area contributed by atoms with Gasteiger partial charge in [0.25, 0.3) is 0 Å². The Hall–Kier alpha value is -3.01. The minimum Gasteiger partial charge on any atom is -0.406 e. The fraction of sp³-hybridized carbons (Fsp3) is 0.118. The first kappa shape index (κ1) is 20.3. The second-order valence-electron chi connectivity index (χ2n) is 5.39. The Balaban J connectivity index is 1.93. The van der Waals surface area contributed by atoms with Gasteiger partial charge in [0.1, 0.15) is 5.75 Å². The Morgan fingerprint density at radius 1 is 1.00 bits per heavy atom. The summed E-state index contributed by atoms with van der Waals surface area (Å²) in [4.78, 5) is 11.9. The summed E-state index contributed by atoms with van der Waals surface area (Å²) in [6.07, 6.45) is -1.01. The number of anilines is 2. The van der Waals surface area contributed by atoms with Crippen LogP contribution in [-0.4, -0.2) is 26.9 Å². The molecule has 0 bridgehead atoms. The normalized spacial score (nSPS) is 12.0. The van der Waals surface area contributed by atoms with E-state index in [1.54, 1.807) is 12.1 Å². The lowest BCUT2D eigenvalue weighted by molar-refractivity contribution is -0.274. The van der Waals surface area contributed by atoms with Crippen LogP contribution in [-0.2, 0) is 14.8 Å². The first-order valence-corrected chi connectivity index (χ1v) is 9.32. The van der Waals surface area contributed by atoms with Crippen molar-refractivity contribution in [1.82, 2.24) is 0 Å². The van der Waals surface area contributed by atoms with Gasteiger partial charge in [-0.2, -0.15) is 0 Å². The molecule has 10 heteroatoms. The zero-order valence-corrected chi connectivity index (χ0v) is 14.8. The van der Waals surface area contributed by atoms with E-state index in [1.165, 1.54) is 36.4 Å². The lowest BCUT2D eigenvalue weighted by atomic mass is 10.2. The van der Waals surface area contributed by atoms with Gasteiger partial charge in [-0.1, -0.05) is 12.1 Å². The number of carbonyl (C=O) groups excluding carboxylic acids is 1. The Labute approximate surface area is 153 Å². The van der Waals surface area contributed by atoms with Crippen molar-refractivity contribution in [3.05, 3.63) is 60.2 Å². The topological polar surface area (TPSA) is 84.5 Å². The Kier molecular flexibility index (Phi) is 6.11. The molecule has 6 nitrogen and oxygen atoms in total. The van der Waals surface area contributed by atoms with Crippen LogP contribution in [0.15, 0.2) is 54.6 Å². The van der Waals surface area contributed by atoms with Crippen LogP contribution in [0, 0.1) is 0 Å². The van der Waals surface area contributed by atoms with E-state index in [-0.39, 0.29) is 5.75 Å². The minimum absolute atomic E-state index is 0.298. The van der Waals surface area contributed by atoms with Gasteiger partial charge >= 0.3 is 6.36 Å². The molecule has 0 saturated carbocycles. The van der Waals surface area contributed by atoms with Crippen molar-refractivity contribution in [3.8, 4) is 5.75 Å². The largest absolute Gasteiger partial charge is 0.573 e. The zero-order chi connectivity index (χ0) is 20.1. The molecule has 0 fully saturated rings. The molecular weight excluding hydrogens is 385 g/mol. The number of hydrogen-bond acceptors (Lipinski definition) is 4. The number of hydrogen-bond donors (Lipinski definition) is 2. The van der Waals surface area contributed by atoms with Crippen molar-refractivity contribution in [3.63, 3.8) is 0 Å². The van der Waals surface area contributed by atoms with E-state index in [4.69, 9.17) is 0 Å². The van der Waals surface area contributed by atoms with Gasteiger partial charge in [-0.15, -0.1) is 13.2 Å². The molecule has 2 rings (SSSR count). The number of nitrogens with one attached hydrogen (secondary N) is 2. The first-order chi connectivity index (χ1) is 12.5. The summed E-state index contributed by atoms with van der Waals surface area (Å²) in [7, 11) is -3.37. The average molecular weight is 400 g/mol. The van der Waals surface area contributed by atoms with Crippen LogP contribution in [0.5, 0.6) is 5.75 Å². The molecule has 0 aliphatic heterocycles. The van der Waals surface area contributed by atoms with Crippen LogP contribution < -0.4 is 14.8 Å². The number of alkyl halides is 3. The molecule has 0 radical (unpaired) electrons. The van der Waals surface area contributed by atoms with E-state index in [1.807, 2.05) is 0 Å². The predicted octanol–water partition coefficient (Wildman–Crippen LogP) is 3.61. The van der Waals surface area contributed by atoms with Gasteiger partial charge in [0.15, 0.2) is 0 Å². The predicted molar refractivity (Wildman–Crippen MR) is 95.7 cm³/mol. The highest BCUT2D eigenvalue weighted by Gasteiger charge is 2.30. The van der Waals surface area contributed by atoms with E-state index in [0.717, 1.165) is 18.4 Å². The van der Waals surface area contributed by atoms with Crippen molar-refractivity contribution in [2.75, 3.05) is 16.3 Å². The number of amides is 1. The molecule has 1 amide bonds. The summed E-state index contributed by atoms with van der Waals surface area (Å²) in [6, 6.07) is 11.0. The summed E-state index contributed by atoms with van der Waals surface area (Å²) in [5.74, 6) is -0.878. The van der Waals surface area contributed by atoms with Crippen LogP contribution in [0.4, 0.5) is 24.5 Å². The highest BCUT2D eigenvalue weighted by atomic mass is 32.2. The van der Waals surface area contributed by atoms with Gasteiger partial charge in [0, 0.05) is 17.5 Å². The zero-order valence-electron chi connectivity index (χ0n) is 13.9. The molecule has 0 unspecified atom stereocenters. The van der Waals surface area contributed by atoms with Crippen LogP contribution >= 0.6 is 0 Å². The van der Waals surface area contributed by atoms with Crippen molar-refractivity contribution < 1.29 is 31.1 Å². The lowest BCUT2D eigenvalue weighted by Crippen LogP contribution is -2.17. The van der Waals surface area contributed by atoms with Gasteiger partial charge in [-0.05, 0) is 48.0 Å². The van der Waals surface area contributed by atoms with Crippen molar-refractivity contribution in [2.24, 2.45) is 0 Å². The fourth-order valence-corrected chi connectivity index (χ4v) is 2.54. The number of halogens is 3. The van der Waals surface area contributed by atoms with E-state index < -0.39 is 22.3 Å². The molecule has 0 aromatic heterocycles. The molecule has 0 aliphatic rings. The highest BCUT2D eigenvalue weighted by Crippen LogP contribution is 2.24. The van der Waals surface area contributed by atoms with Crippen molar-refractivity contribution in [1.29, 1.82) is 0 Å². The smallest absolute Gasteiger partial charge is 0.406 e. The monoisotopic (exact) mass is 400 g/mol. The Morgan fingerprint density at radius 2 is 1.56 bits per heavy atom. The van der Waals surface area contributed by atoms with Crippen LogP contribution in [0.2, 0.25) is 0 Å². The lowest BCUT2D eigenvalue weighted by Gasteiger charge is -2.09. The molecule has 0 heterocycles. The molecule has 0 spiro atoms. The van der Waals surface area contributed by atoms with Gasteiger partial charge in [-0.3, -0.25) is 9.52 Å². The number of sulfonamides is 1. The quantitative estimate of drug-likeness (QED) is 0.726. The fourth-order valence-electron chi connectivity index (χ4n) is 1.97. The summed E-state index contributed by atoms with van der Waals surface area (Å²) < 4.78 is 64.5. The van der Waals surface area contributed by atoms with E-state index in [9.17, 15) is 26.4 Å². The van der Waals surface area contributed by atoms with Gasteiger partial charge < -0.3 is 10.1 Å². The van der Waals surface area contributed by atoms with E-state index >= 15 is 0 Å². The third kappa shape index (κ3) is 7.82. The van der Waals surface area contributed by atoms with Gasteiger partial charge in [0.2, 0.25) is 15.9 Å². The maximum absolute atomic E-state index is 12.1. The van der Waals surface area contributed by atoms with E-state index in [2.05, 4.69) is 14.8 Å². The van der Waals surface area contributed by atoms with Crippen LogP contribution in [0.1, 0.15) is 5.56 Å². The number of ether oxygens (including phenoxy) is 1. The maximum Gasteiger partial charge on any atom is 0.573 e. The SMILES string of the molecule is CS(=O)(=O)Nc1ccc(/C=C/C(=O)Nc2ccc(OC(F)(F)F)cc2)cc1. The van der Waals surface area contributed by atoms with Crippen LogP contribution in [0.25, 0.3) is 6.08 Å². The highest BCUT2D eigenvalue weighted by molar-refractivity contribution is 7.92. The van der Waals surface area contributed by atoms with E-state index in [0.29, 0.717) is 16.9 Å². The Morgan fingerprint density at radius 3 is 2.07 bits per heavy atom. The molecule has 2 aromatic carbocycles. The second-order valence-corrected chi connectivity index (χ2v) is 7.14. The third-order valence-corrected chi connectivity index (χ3v) is 3.60. The number of benzene rings is 2. The second kappa shape index (κ2) is 8.12. The molecule has 0 saturated heterocycles. The minimum atomic E-state index is -4.78. The summed E-state index contributed by atoms with van der Waals surface area (Å²) in [5, 5.41) is 2.49. The summed E-state index contributed by atoms with van der Waals surface area (Å²) >= 11 is 0. The number of rotatable bonds is 6. The molecule has 144 valence electrons. The molecule has 0 aliphatic carbocycles. The third-order valence-electron chi connectivity index (χ3n) is 3.00. The van der Waals surface area contributed by atoms with Gasteiger partial charge in [-0.25, -0.2) is 8.42 Å². The Bertz CT molecular complexity index is 922. The average Bonchev–Trinajstić information content (AvgIpc) is 2.53. The molecule has 2 N–H and O–H groups in total. The molecule has 27 heavy (non-hydrogen) atoms. The molecule has 2 aromatic rings. The summed E-state index contributed by atoms with van der Waals surface area (Å²) in [5.41, 5.74) is 1.34. The standard InChI is InChI=1S/C17H15F3N2O4S/c1-27(24,25)22-14-5-2-12(3-6-14)4-11-16(23)21-13-7-9-15(10-8-13)26-17(18,19)20/h2-11,22H,1H3,(H,21,23)/b11-4+. The summed E-state index contributed by atoms with van der Waals surface area (Å²) in [6.45, 7) is 0. The van der Waals surface area contributed by atoms with Crippen molar-refractivity contribution >= 4 is 33.4 Å².